The van der Waals surface area contributed by atoms with Crippen molar-refractivity contribution in [2.45, 2.75) is 33.3 Å². The van der Waals surface area contributed by atoms with E-state index in [0.717, 1.165) is 58.9 Å². The zero-order chi connectivity index (χ0) is 25.4. The number of carbonyl (C=O) groups is 1. The van der Waals surface area contributed by atoms with Crippen LogP contribution in [0.25, 0.3) is 21.8 Å². The number of aryl methyl sites for hydroxylation is 2. The lowest BCUT2D eigenvalue weighted by Gasteiger charge is -2.05. The summed E-state index contributed by atoms with van der Waals surface area (Å²) in [7, 11) is 1.38. The molecule has 0 spiro atoms. The SMILES string of the molecule is C1CCOC1.COC(=O)c1cc(I)c2ncc(C)cc2c1.Cc1cnc2c(I)cc(CO)cc2c1. The van der Waals surface area contributed by atoms with E-state index in [2.05, 4.69) is 61.2 Å². The predicted molar refractivity (Wildman–Crippen MR) is 156 cm³/mol. The number of ether oxygens (including phenoxy) is 2. The predicted octanol–water partition coefficient (Wildman–Crippen LogP) is 6.37. The Hall–Kier alpha value is -1.89. The molecule has 1 saturated heterocycles. The number of aliphatic hydroxyl groups is 1. The van der Waals surface area contributed by atoms with E-state index in [0.29, 0.717) is 5.56 Å². The number of pyridine rings is 2. The second-order valence-electron chi connectivity index (χ2n) is 8.17. The fraction of sp³-hybridized carbons (Fsp3) is 0.296. The third-order valence-electron chi connectivity index (χ3n) is 5.24. The first-order valence-electron chi connectivity index (χ1n) is 11.2. The first-order chi connectivity index (χ1) is 16.8. The molecule has 0 saturated carbocycles. The topological polar surface area (TPSA) is 81.5 Å². The van der Waals surface area contributed by atoms with Crippen LogP contribution in [0.1, 0.15) is 39.9 Å². The van der Waals surface area contributed by atoms with Gasteiger partial charge >= 0.3 is 5.97 Å². The Labute approximate surface area is 232 Å². The molecule has 0 unspecified atom stereocenters. The van der Waals surface area contributed by atoms with Crippen molar-refractivity contribution >= 4 is 73.0 Å². The highest BCUT2D eigenvalue weighted by Crippen LogP contribution is 2.23. The Balaban J connectivity index is 0.000000164. The third-order valence-corrected chi connectivity index (χ3v) is 6.88. The van der Waals surface area contributed by atoms with Crippen LogP contribution in [-0.2, 0) is 16.1 Å². The van der Waals surface area contributed by atoms with Crippen molar-refractivity contribution < 1.29 is 19.4 Å². The van der Waals surface area contributed by atoms with Gasteiger partial charge in [-0.1, -0.05) is 0 Å². The maximum Gasteiger partial charge on any atom is 0.337 e. The second-order valence-corrected chi connectivity index (χ2v) is 10.5. The molecule has 184 valence electrons. The van der Waals surface area contributed by atoms with Crippen molar-refractivity contribution in [2.24, 2.45) is 0 Å². The number of halogens is 2. The number of benzene rings is 2. The first-order valence-corrected chi connectivity index (χ1v) is 13.4. The van der Waals surface area contributed by atoms with Gasteiger partial charge in [0.15, 0.2) is 0 Å². The van der Waals surface area contributed by atoms with E-state index in [9.17, 15) is 4.79 Å². The van der Waals surface area contributed by atoms with Crippen LogP contribution in [0.5, 0.6) is 0 Å². The Bertz CT molecular complexity index is 1320. The van der Waals surface area contributed by atoms with E-state index >= 15 is 0 Å². The Morgan fingerprint density at radius 2 is 1.46 bits per heavy atom. The number of methoxy groups -OCH3 is 1. The van der Waals surface area contributed by atoms with E-state index in [4.69, 9.17) is 14.6 Å². The molecule has 0 amide bonds. The van der Waals surface area contributed by atoms with Crippen molar-refractivity contribution in [3.05, 3.63) is 78.2 Å². The molecule has 0 radical (unpaired) electrons. The standard InChI is InChI=1S/C12H10INO2.C11H10INO.C4H8O/c1-7-3-8-4-9(12(15)16-2)5-10(13)11(8)14-6-7;1-7-2-9-3-8(6-14)4-10(12)11(9)13-5-7;1-2-4-5-3-1/h3-6H,1-2H3;2-5,14H,6H2,1H3;1-4H2. The van der Waals surface area contributed by atoms with Crippen molar-refractivity contribution in [1.82, 2.24) is 9.97 Å². The molecule has 1 N–H and O–H groups in total. The number of carbonyl (C=O) groups excluding carboxylic acids is 1. The summed E-state index contributed by atoms with van der Waals surface area (Å²) in [6, 6.07) is 11.6. The van der Waals surface area contributed by atoms with Gasteiger partial charge in [0, 0.05) is 43.5 Å². The monoisotopic (exact) mass is 698 g/mol. The first kappa shape index (κ1) is 27.7. The fourth-order valence-corrected chi connectivity index (χ4v) is 5.16. The number of nitrogens with zero attached hydrogens (tertiary/aromatic N) is 2. The molecule has 2 aromatic heterocycles. The van der Waals surface area contributed by atoms with Gasteiger partial charge in [-0.05, 0) is 125 Å². The van der Waals surface area contributed by atoms with Gasteiger partial charge < -0.3 is 14.6 Å². The Morgan fingerprint density at radius 1 is 0.914 bits per heavy atom. The summed E-state index contributed by atoms with van der Waals surface area (Å²) in [4.78, 5) is 20.2. The number of aromatic nitrogens is 2. The van der Waals surface area contributed by atoms with Crippen LogP contribution in [-0.4, -0.2) is 41.4 Å². The van der Waals surface area contributed by atoms with Crippen LogP contribution in [0.3, 0.4) is 0 Å². The Morgan fingerprint density at radius 3 is 1.94 bits per heavy atom. The average molecular weight is 698 g/mol. The maximum absolute atomic E-state index is 11.4. The molecule has 4 aromatic rings. The number of aliphatic hydroxyl groups excluding tert-OH is 1. The van der Waals surface area contributed by atoms with Crippen molar-refractivity contribution in [3.8, 4) is 0 Å². The van der Waals surface area contributed by atoms with Crippen LogP contribution < -0.4 is 0 Å². The summed E-state index contributed by atoms with van der Waals surface area (Å²) in [5, 5.41) is 11.1. The molecule has 2 aromatic carbocycles. The fourth-order valence-electron chi connectivity index (χ4n) is 3.53. The molecule has 8 heteroatoms. The van der Waals surface area contributed by atoms with Gasteiger partial charge in [0.25, 0.3) is 0 Å². The van der Waals surface area contributed by atoms with Crippen LogP contribution in [0.4, 0.5) is 0 Å². The minimum atomic E-state index is -0.318. The summed E-state index contributed by atoms with van der Waals surface area (Å²) < 4.78 is 11.7. The molecule has 1 aliphatic rings. The highest BCUT2D eigenvalue weighted by Gasteiger charge is 2.10. The number of fused-ring (bicyclic) bond motifs is 2. The quantitative estimate of drug-likeness (QED) is 0.194. The van der Waals surface area contributed by atoms with Crippen LogP contribution >= 0.6 is 45.2 Å². The maximum atomic E-state index is 11.4. The van der Waals surface area contributed by atoms with E-state index in [1.54, 1.807) is 6.07 Å². The van der Waals surface area contributed by atoms with Gasteiger partial charge in [0.1, 0.15) is 0 Å². The van der Waals surface area contributed by atoms with Crippen molar-refractivity contribution in [1.29, 1.82) is 0 Å². The summed E-state index contributed by atoms with van der Waals surface area (Å²) in [5.41, 5.74) is 5.64. The molecule has 0 aliphatic carbocycles. The van der Waals surface area contributed by atoms with E-state index in [1.165, 1.54) is 20.0 Å². The van der Waals surface area contributed by atoms with Crippen LogP contribution in [0, 0.1) is 21.0 Å². The lowest BCUT2D eigenvalue weighted by atomic mass is 10.1. The summed E-state index contributed by atoms with van der Waals surface area (Å²) >= 11 is 4.42. The number of hydrogen-bond donors (Lipinski definition) is 1. The molecule has 5 rings (SSSR count). The molecule has 1 aliphatic heterocycles. The molecule has 35 heavy (non-hydrogen) atoms. The highest BCUT2D eigenvalue weighted by molar-refractivity contribution is 14.1. The van der Waals surface area contributed by atoms with Gasteiger partial charge in [-0.15, -0.1) is 0 Å². The van der Waals surface area contributed by atoms with Crippen LogP contribution in [0.2, 0.25) is 0 Å². The number of rotatable bonds is 2. The summed E-state index contributed by atoms with van der Waals surface area (Å²) in [5.74, 6) is -0.318. The van der Waals surface area contributed by atoms with Gasteiger partial charge in [-0.25, -0.2) is 4.79 Å². The summed E-state index contributed by atoms with van der Waals surface area (Å²) in [6.45, 7) is 6.08. The number of esters is 1. The van der Waals surface area contributed by atoms with Gasteiger partial charge in [-0.3, -0.25) is 9.97 Å². The smallest absolute Gasteiger partial charge is 0.337 e. The molecule has 0 bridgehead atoms. The molecular weight excluding hydrogens is 670 g/mol. The Kier molecular flexibility index (Phi) is 10.6. The normalized spacial score (nSPS) is 12.5. The minimum absolute atomic E-state index is 0.0832. The second kappa shape index (κ2) is 13.4. The highest BCUT2D eigenvalue weighted by atomic mass is 127. The molecule has 6 nitrogen and oxygen atoms in total. The summed E-state index contributed by atoms with van der Waals surface area (Å²) in [6.07, 6.45) is 6.24. The largest absolute Gasteiger partial charge is 0.465 e. The number of hydrogen-bond acceptors (Lipinski definition) is 6. The van der Waals surface area contributed by atoms with E-state index < -0.39 is 0 Å². The van der Waals surface area contributed by atoms with Gasteiger partial charge in [0.05, 0.1) is 30.3 Å². The molecule has 3 heterocycles. The molecule has 0 atom stereocenters. The van der Waals surface area contributed by atoms with Gasteiger partial charge in [0.2, 0.25) is 0 Å². The minimum Gasteiger partial charge on any atom is -0.465 e. The molecule has 1 fully saturated rings. The lowest BCUT2D eigenvalue weighted by Crippen LogP contribution is -2.02. The van der Waals surface area contributed by atoms with Crippen molar-refractivity contribution in [2.75, 3.05) is 20.3 Å². The third kappa shape index (κ3) is 7.80. The van der Waals surface area contributed by atoms with E-state index in [-0.39, 0.29) is 12.6 Å². The zero-order valence-corrected chi connectivity index (χ0v) is 24.3. The lowest BCUT2D eigenvalue weighted by molar-refractivity contribution is 0.0601. The van der Waals surface area contributed by atoms with Crippen molar-refractivity contribution in [3.63, 3.8) is 0 Å². The van der Waals surface area contributed by atoms with Crippen LogP contribution in [0.15, 0.2) is 48.8 Å². The zero-order valence-electron chi connectivity index (χ0n) is 20.0. The molecular formula is C27H28I2N2O4. The van der Waals surface area contributed by atoms with E-state index in [1.807, 2.05) is 50.5 Å². The average Bonchev–Trinajstić information content (AvgIpc) is 3.43. The van der Waals surface area contributed by atoms with Gasteiger partial charge in [-0.2, -0.15) is 0 Å².